The maximum atomic E-state index is 13.4. The van der Waals surface area contributed by atoms with Gasteiger partial charge in [0.25, 0.3) is 5.91 Å². The van der Waals surface area contributed by atoms with Crippen LogP contribution in [0.1, 0.15) is 63.5 Å². The molecule has 2 aromatic heterocycles. The van der Waals surface area contributed by atoms with Crippen molar-refractivity contribution < 1.29 is 14.1 Å². The number of fused-ring (bicyclic) bond motifs is 1. The van der Waals surface area contributed by atoms with E-state index in [2.05, 4.69) is 5.16 Å². The van der Waals surface area contributed by atoms with Crippen LogP contribution in [0.5, 0.6) is 0 Å². The van der Waals surface area contributed by atoms with Crippen molar-refractivity contribution >= 4 is 28.0 Å². The molecule has 25 heavy (non-hydrogen) atoms. The molecule has 7 heteroatoms. The molecular formula is C18H21N3O3S. The minimum Gasteiger partial charge on any atom is -0.390 e. The van der Waals surface area contributed by atoms with Gasteiger partial charge in [0.1, 0.15) is 5.76 Å². The monoisotopic (exact) mass is 359 g/mol. The lowest BCUT2D eigenvalue weighted by Crippen LogP contribution is -2.37. The van der Waals surface area contributed by atoms with E-state index < -0.39 is 11.3 Å². The second kappa shape index (κ2) is 5.98. The molecule has 1 unspecified atom stereocenters. The highest BCUT2D eigenvalue weighted by Gasteiger charge is 2.47. The second-order valence-corrected chi connectivity index (χ2v) is 8.30. The fraction of sp³-hybridized carbons (Fsp3) is 0.500. The van der Waals surface area contributed by atoms with Gasteiger partial charge in [-0.25, -0.2) is 0 Å². The minimum absolute atomic E-state index is 0.129. The molecule has 2 aliphatic carbocycles. The predicted molar refractivity (Wildman–Crippen MR) is 94.5 cm³/mol. The number of primary amides is 1. The molecule has 0 bridgehead atoms. The first-order chi connectivity index (χ1) is 12.0. The number of ketones is 1. The second-order valence-electron chi connectivity index (χ2n) is 7.25. The molecule has 0 aromatic carbocycles. The van der Waals surface area contributed by atoms with Crippen LogP contribution < -0.4 is 11.5 Å². The standard InChI is InChI=1S/C18H21N3O3S/c19-16(23)13-12-4-7-18(9-10-1-2-10,6-3-11-5-8-21-24-11)15(22)14(12)25-17(13)20/h5,8,10H,1-4,6-7,9,20H2,(H2,19,23). The van der Waals surface area contributed by atoms with Crippen molar-refractivity contribution in [3.63, 3.8) is 0 Å². The summed E-state index contributed by atoms with van der Waals surface area (Å²) in [6, 6.07) is 1.85. The number of thiophene rings is 1. The van der Waals surface area contributed by atoms with Gasteiger partial charge in [-0.2, -0.15) is 0 Å². The van der Waals surface area contributed by atoms with Gasteiger partial charge in [-0.1, -0.05) is 18.0 Å². The lowest BCUT2D eigenvalue weighted by atomic mass is 9.67. The van der Waals surface area contributed by atoms with Gasteiger partial charge < -0.3 is 16.0 Å². The fourth-order valence-corrected chi connectivity index (χ4v) is 5.22. The van der Waals surface area contributed by atoms with Gasteiger partial charge in [0.2, 0.25) is 0 Å². The summed E-state index contributed by atoms with van der Waals surface area (Å²) in [5, 5.41) is 4.11. The Kier molecular flexibility index (Phi) is 3.91. The molecule has 1 fully saturated rings. The Hall–Kier alpha value is -2.15. The minimum atomic E-state index is -0.542. The highest BCUT2D eigenvalue weighted by atomic mass is 32.1. The van der Waals surface area contributed by atoms with E-state index in [0.29, 0.717) is 34.2 Å². The molecule has 1 amide bonds. The van der Waals surface area contributed by atoms with Gasteiger partial charge in [-0.05, 0) is 37.2 Å². The lowest BCUT2D eigenvalue weighted by molar-refractivity contribution is 0.0707. The summed E-state index contributed by atoms with van der Waals surface area (Å²) in [6.45, 7) is 0. The van der Waals surface area contributed by atoms with Crippen LogP contribution in [0.2, 0.25) is 0 Å². The number of rotatable bonds is 6. The van der Waals surface area contributed by atoms with E-state index in [4.69, 9.17) is 16.0 Å². The topological polar surface area (TPSA) is 112 Å². The fourth-order valence-electron chi connectivity index (χ4n) is 4.04. The molecule has 2 heterocycles. The summed E-state index contributed by atoms with van der Waals surface area (Å²) in [5.41, 5.74) is 12.2. The lowest BCUT2D eigenvalue weighted by Gasteiger charge is -2.36. The first-order valence-electron chi connectivity index (χ1n) is 8.65. The van der Waals surface area contributed by atoms with Crippen LogP contribution in [0.3, 0.4) is 0 Å². The van der Waals surface area contributed by atoms with Crippen molar-refractivity contribution in [2.45, 2.75) is 44.9 Å². The van der Waals surface area contributed by atoms with Gasteiger partial charge in [0, 0.05) is 17.9 Å². The molecule has 6 nitrogen and oxygen atoms in total. The van der Waals surface area contributed by atoms with Gasteiger partial charge >= 0.3 is 0 Å². The van der Waals surface area contributed by atoms with E-state index in [9.17, 15) is 9.59 Å². The first kappa shape index (κ1) is 16.3. The van der Waals surface area contributed by atoms with Crippen molar-refractivity contribution in [2.24, 2.45) is 17.1 Å². The van der Waals surface area contributed by atoms with Crippen molar-refractivity contribution in [3.05, 3.63) is 34.0 Å². The van der Waals surface area contributed by atoms with Gasteiger partial charge in [0.15, 0.2) is 5.78 Å². The molecule has 1 atom stereocenters. The summed E-state index contributed by atoms with van der Waals surface area (Å²) in [4.78, 5) is 25.8. The average molecular weight is 359 g/mol. The molecule has 0 aliphatic heterocycles. The summed E-state index contributed by atoms with van der Waals surface area (Å²) in [5.74, 6) is 1.02. The first-order valence-corrected chi connectivity index (χ1v) is 9.47. The highest BCUT2D eigenvalue weighted by molar-refractivity contribution is 7.18. The summed E-state index contributed by atoms with van der Waals surface area (Å²) >= 11 is 1.22. The molecule has 2 aliphatic rings. The Morgan fingerprint density at radius 2 is 2.24 bits per heavy atom. The molecule has 2 aromatic rings. The van der Waals surface area contributed by atoms with E-state index in [0.717, 1.165) is 30.6 Å². The number of carbonyl (C=O) groups excluding carboxylic acids is 2. The highest BCUT2D eigenvalue weighted by Crippen LogP contribution is 2.51. The Labute approximate surface area is 149 Å². The number of amides is 1. The van der Waals surface area contributed by atoms with Crippen LogP contribution in [-0.2, 0) is 12.8 Å². The van der Waals surface area contributed by atoms with E-state index >= 15 is 0 Å². The van der Waals surface area contributed by atoms with Crippen LogP contribution in [0.15, 0.2) is 16.8 Å². The molecule has 0 radical (unpaired) electrons. The zero-order valence-corrected chi connectivity index (χ0v) is 14.7. The third-order valence-corrected chi connectivity index (χ3v) is 6.60. The van der Waals surface area contributed by atoms with Gasteiger partial charge in [0.05, 0.1) is 21.6 Å². The number of anilines is 1. The number of nitrogens with zero attached hydrogens (tertiary/aromatic N) is 1. The van der Waals surface area contributed by atoms with Crippen molar-refractivity contribution in [3.8, 4) is 0 Å². The molecule has 4 rings (SSSR count). The molecular weight excluding hydrogens is 338 g/mol. The number of hydrogen-bond acceptors (Lipinski definition) is 6. The van der Waals surface area contributed by atoms with Gasteiger partial charge in [-0.15, -0.1) is 11.3 Å². The number of aryl methyl sites for hydroxylation is 1. The number of nitrogens with two attached hydrogens (primary N) is 2. The Bertz CT molecular complexity index is 823. The van der Waals surface area contributed by atoms with Crippen LogP contribution >= 0.6 is 11.3 Å². The van der Waals surface area contributed by atoms with Crippen LogP contribution in [0, 0.1) is 11.3 Å². The third kappa shape index (κ3) is 2.86. The number of Topliss-reactive ketones (excluding diaryl/α,β-unsaturated/α-hetero) is 1. The van der Waals surface area contributed by atoms with E-state index in [1.807, 2.05) is 6.07 Å². The maximum absolute atomic E-state index is 13.4. The van der Waals surface area contributed by atoms with Gasteiger partial charge in [-0.3, -0.25) is 9.59 Å². The molecule has 132 valence electrons. The molecule has 4 N–H and O–H groups in total. The van der Waals surface area contributed by atoms with Crippen molar-refractivity contribution in [1.82, 2.24) is 5.16 Å². The average Bonchev–Trinajstić information content (AvgIpc) is 3.09. The number of nitrogen functional groups attached to an aromatic ring is 1. The normalized spacial score (nSPS) is 22.8. The largest absolute Gasteiger partial charge is 0.390 e. The number of aromatic nitrogens is 1. The molecule has 1 saturated carbocycles. The molecule has 0 saturated heterocycles. The van der Waals surface area contributed by atoms with Crippen LogP contribution in [0.25, 0.3) is 0 Å². The number of hydrogen-bond donors (Lipinski definition) is 2. The summed E-state index contributed by atoms with van der Waals surface area (Å²) < 4.78 is 5.21. The van der Waals surface area contributed by atoms with Crippen LogP contribution in [0.4, 0.5) is 5.00 Å². The Balaban J connectivity index is 1.66. The van der Waals surface area contributed by atoms with Crippen molar-refractivity contribution in [2.75, 3.05) is 5.73 Å². The van der Waals surface area contributed by atoms with E-state index in [1.54, 1.807) is 6.20 Å². The smallest absolute Gasteiger partial charge is 0.251 e. The SMILES string of the molecule is NC(=O)c1c(N)sc2c1CCC(CCc1ccno1)(CC1CC1)C2=O. The zero-order valence-electron chi connectivity index (χ0n) is 13.9. The Morgan fingerprint density at radius 3 is 2.88 bits per heavy atom. The maximum Gasteiger partial charge on any atom is 0.251 e. The zero-order chi connectivity index (χ0) is 17.6. The van der Waals surface area contributed by atoms with E-state index in [1.165, 1.54) is 24.2 Å². The molecule has 0 spiro atoms. The quantitative estimate of drug-likeness (QED) is 0.823. The third-order valence-electron chi connectivity index (χ3n) is 5.54. The summed E-state index contributed by atoms with van der Waals surface area (Å²) in [6.07, 6.45) is 7.77. The predicted octanol–water partition coefficient (Wildman–Crippen LogP) is 2.97. The van der Waals surface area contributed by atoms with E-state index in [-0.39, 0.29) is 5.78 Å². The summed E-state index contributed by atoms with van der Waals surface area (Å²) in [7, 11) is 0. The Morgan fingerprint density at radius 1 is 1.44 bits per heavy atom. The number of carbonyl (C=O) groups is 2. The van der Waals surface area contributed by atoms with Crippen molar-refractivity contribution in [1.29, 1.82) is 0 Å². The van der Waals surface area contributed by atoms with Crippen LogP contribution in [-0.4, -0.2) is 16.8 Å².